The lowest BCUT2D eigenvalue weighted by molar-refractivity contribution is -0.139. The van der Waals surface area contributed by atoms with Crippen LogP contribution in [-0.4, -0.2) is 66.9 Å². The van der Waals surface area contributed by atoms with E-state index in [0.717, 1.165) is 17.7 Å². The van der Waals surface area contributed by atoms with E-state index in [2.05, 4.69) is 0 Å². The molecule has 8 heteroatoms. The van der Waals surface area contributed by atoms with Gasteiger partial charge in [0.15, 0.2) is 0 Å². The first-order valence-electron chi connectivity index (χ1n) is 13.1. The number of likely N-dealkylation sites (tertiary alicyclic amines) is 1. The molecule has 0 radical (unpaired) electrons. The molecule has 0 saturated carbocycles. The standard InChI is InChI=1S/C32H34N2O6/c1-21-8-5-6-9-25(21)20-40-26-16-14-23(15-17-26)29(35)27-28(22-10-12-24(13-11-22)32(38)39-4)34(31(37)30(27)36)19-7-18-33(2)3/h5-6,8-17,28,35H,7,18-20H2,1-4H3. The van der Waals surface area contributed by atoms with E-state index in [9.17, 15) is 19.5 Å². The van der Waals surface area contributed by atoms with Crippen molar-refractivity contribution in [3.8, 4) is 5.75 Å². The van der Waals surface area contributed by atoms with E-state index in [0.29, 0.717) is 42.0 Å². The van der Waals surface area contributed by atoms with Gasteiger partial charge < -0.3 is 24.4 Å². The predicted molar refractivity (Wildman–Crippen MR) is 152 cm³/mol. The number of ketones is 1. The number of Topliss-reactive ketones (excluding diaryl/α,β-unsaturated/α-hetero) is 1. The van der Waals surface area contributed by atoms with Gasteiger partial charge in [-0.3, -0.25) is 9.59 Å². The van der Waals surface area contributed by atoms with Crippen LogP contribution in [0.3, 0.4) is 0 Å². The van der Waals surface area contributed by atoms with Crippen molar-refractivity contribution in [2.24, 2.45) is 0 Å². The normalized spacial score (nSPS) is 16.4. The summed E-state index contributed by atoms with van der Waals surface area (Å²) in [6, 6.07) is 20.5. The topological polar surface area (TPSA) is 96.4 Å². The van der Waals surface area contributed by atoms with Crippen LogP contribution in [-0.2, 0) is 20.9 Å². The van der Waals surface area contributed by atoms with Crippen LogP contribution >= 0.6 is 0 Å². The molecular weight excluding hydrogens is 508 g/mol. The molecule has 1 atom stereocenters. The van der Waals surface area contributed by atoms with Crippen molar-refractivity contribution in [1.82, 2.24) is 9.80 Å². The summed E-state index contributed by atoms with van der Waals surface area (Å²) in [5.74, 6) is -1.55. The smallest absolute Gasteiger partial charge is 0.337 e. The molecule has 0 spiro atoms. The molecule has 1 N–H and O–H groups in total. The van der Waals surface area contributed by atoms with Crippen LogP contribution in [0, 0.1) is 6.92 Å². The van der Waals surface area contributed by atoms with Crippen LogP contribution < -0.4 is 4.74 Å². The average molecular weight is 543 g/mol. The van der Waals surface area contributed by atoms with Crippen LogP contribution in [0.2, 0.25) is 0 Å². The van der Waals surface area contributed by atoms with Gasteiger partial charge in [0.1, 0.15) is 18.1 Å². The molecule has 1 saturated heterocycles. The molecule has 40 heavy (non-hydrogen) atoms. The van der Waals surface area contributed by atoms with Crippen molar-refractivity contribution in [3.63, 3.8) is 0 Å². The maximum Gasteiger partial charge on any atom is 0.337 e. The van der Waals surface area contributed by atoms with Crippen LogP contribution in [0.25, 0.3) is 5.76 Å². The average Bonchev–Trinajstić information content (AvgIpc) is 3.21. The Balaban J connectivity index is 1.65. The Morgan fingerprint density at radius 3 is 2.23 bits per heavy atom. The minimum Gasteiger partial charge on any atom is -0.507 e. The molecule has 1 fully saturated rings. The van der Waals surface area contributed by atoms with Crippen molar-refractivity contribution in [1.29, 1.82) is 0 Å². The van der Waals surface area contributed by atoms with E-state index in [-0.39, 0.29) is 11.3 Å². The van der Waals surface area contributed by atoms with Gasteiger partial charge in [-0.2, -0.15) is 0 Å². The van der Waals surface area contributed by atoms with Gasteiger partial charge in [-0.15, -0.1) is 0 Å². The Bertz CT molecular complexity index is 1410. The molecule has 4 rings (SSSR count). The fraction of sp³-hybridized carbons (Fsp3) is 0.281. The zero-order valence-corrected chi connectivity index (χ0v) is 23.2. The van der Waals surface area contributed by atoms with Gasteiger partial charge in [-0.25, -0.2) is 4.79 Å². The molecule has 208 valence electrons. The molecule has 0 bridgehead atoms. The molecule has 1 heterocycles. The largest absolute Gasteiger partial charge is 0.507 e. The molecule has 1 amide bonds. The van der Waals surface area contributed by atoms with Crippen molar-refractivity contribution in [3.05, 3.63) is 106 Å². The lowest BCUT2D eigenvalue weighted by Gasteiger charge is -2.26. The Labute approximate surface area is 234 Å². The third kappa shape index (κ3) is 6.24. The Morgan fingerprint density at radius 2 is 1.60 bits per heavy atom. The lowest BCUT2D eigenvalue weighted by Crippen LogP contribution is -2.32. The number of aryl methyl sites for hydroxylation is 1. The molecule has 8 nitrogen and oxygen atoms in total. The summed E-state index contributed by atoms with van der Waals surface area (Å²) >= 11 is 0. The van der Waals surface area contributed by atoms with Crippen molar-refractivity contribution in [2.45, 2.75) is 26.0 Å². The number of carbonyl (C=O) groups is 3. The third-order valence-electron chi connectivity index (χ3n) is 6.98. The second kappa shape index (κ2) is 12.6. The van der Waals surface area contributed by atoms with Gasteiger partial charge in [-0.1, -0.05) is 36.4 Å². The summed E-state index contributed by atoms with van der Waals surface area (Å²) in [6.07, 6.45) is 0.643. The van der Waals surface area contributed by atoms with Crippen molar-refractivity contribution >= 4 is 23.4 Å². The molecule has 1 aliphatic rings. The SMILES string of the molecule is COC(=O)c1ccc(C2C(=C(O)c3ccc(OCc4ccccc4C)cc3)C(=O)C(=O)N2CCCN(C)C)cc1. The van der Waals surface area contributed by atoms with Gasteiger partial charge in [0.05, 0.1) is 24.3 Å². The van der Waals surface area contributed by atoms with Crippen LogP contribution in [0.5, 0.6) is 5.75 Å². The minimum atomic E-state index is -0.800. The molecule has 0 aromatic heterocycles. The maximum absolute atomic E-state index is 13.3. The van der Waals surface area contributed by atoms with E-state index < -0.39 is 23.7 Å². The number of methoxy groups -OCH3 is 1. The highest BCUT2D eigenvalue weighted by Gasteiger charge is 2.45. The molecular formula is C32H34N2O6. The highest BCUT2D eigenvalue weighted by atomic mass is 16.5. The number of ether oxygens (including phenoxy) is 2. The molecule has 0 aliphatic carbocycles. The van der Waals surface area contributed by atoms with Gasteiger partial charge in [0.25, 0.3) is 11.7 Å². The first kappa shape index (κ1) is 28.6. The van der Waals surface area contributed by atoms with Gasteiger partial charge in [-0.05, 0) is 87.1 Å². The zero-order valence-electron chi connectivity index (χ0n) is 23.2. The summed E-state index contributed by atoms with van der Waals surface area (Å²) in [5.41, 5.74) is 3.56. The highest BCUT2D eigenvalue weighted by Crippen LogP contribution is 2.39. The van der Waals surface area contributed by atoms with E-state index in [1.54, 1.807) is 48.5 Å². The molecule has 1 aliphatic heterocycles. The van der Waals surface area contributed by atoms with Crippen LogP contribution in [0.4, 0.5) is 0 Å². The highest BCUT2D eigenvalue weighted by molar-refractivity contribution is 6.46. The number of amides is 1. The monoisotopic (exact) mass is 542 g/mol. The fourth-order valence-electron chi connectivity index (χ4n) is 4.73. The Morgan fingerprint density at radius 1 is 0.950 bits per heavy atom. The van der Waals surface area contributed by atoms with Crippen molar-refractivity contribution in [2.75, 3.05) is 34.3 Å². The summed E-state index contributed by atoms with van der Waals surface area (Å²) < 4.78 is 10.7. The van der Waals surface area contributed by atoms with E-state index in [1.165, 1.54) is 12.0 Å². The van der Waals surface area contributed by atoms with Crippen LogP contribution in [0.1, 0.15) is 45.1 Å². The zero-order chi connectivity index (χ0) is 28.8. The van der Waals surface area contributed by atoms with Crippen molar-refractivity contribution < 1.29 is 29.0 Å². The third-order valence-corrected chi connectivity index (χ3v) is 6.98. The van der Waals surface area contributed by atoms with E-state index in [1.807, 2.05) is 50.2 Å². The number of hydrogen-bond donors (Lipinski definition) is 1. The molecule has 3 aromatic carbocycles. The fourth-order valence-corrected chi connectivity index (χ4v) is 4.73. The molecule has 3 aromatic rings. The number of carbonyl (C=O) groups excluding carboxylic acids is 3. The summed E-state index contributed by atoms with van der Waals surface area (Å²) in [7, 11) is 5.17. The van der Waals surface area contributed by atoms with Gasteiger partial charge in [0, 0.05) is 12.1 Å². The van der Waals surface area contributed by atoms with Gasteiger partial charge in [0.2, 0.25) is 0 Å². The summed E-state index contributed by atoms with van der Waals surface area (Å²) in [6.45, 7) is 3.47. The number of aliphatic hydroxyl groups excluding tert-OH is 1. The Hall–Kier alpha value is -4.43. The first-order chi connectivity index (χ1) is 19.2. The quantitative estimate of drug-likeness (QED) is 0.171. The number of nitrogens with zero attached hydrogens (tertiary/aromatic N) is 2. The molecule has 1 unspecified atom stereocenters. The minimum absolute atomic E-state index is 0.00856. The first-order valence-corrected chi connectivity index (χ1v) is 13.1. The van der Waals surface area contributed by atoms with E-state index >= 15 is 0 Å². The lowest BCUT2D eigenvalue weighted by atomic mass is 9.94. The number of esters is 1. The number of rotatable bonds is 10. The summed E-state index contributed by atoms with van der Waals surface area (Å²) in [5, 5.41) is 11.3. The second-order valence-electron chi connectivity index (χ2n) is 10.0. The van der Waals surface area contributed by atoms with Crippen LogP contribution in [0.15, 0.2) is 78.4 Å². The number of benzene rings is 3. The predicted octanol–water partition coefficient (Wildman–Crippen LogP) is 4.73. The number of aliphatic hydroxyl groups is 1. The van der Waals surface area contributed by atoms with Gasteiger partial charge >= 0.3 is 5.97 Å². The maximum atomic E-state index is 13.3. The summed E-state index contributed by atoms with van der Waals surface area (Å²) in [4.78, 5) is 41.9. The number of hydrogen-bond acceptors (Lipinski definition) is 7. The second-order valence-corrected chi connectivity index (χ2v) is 10.0. The Kier molecular flexibility index (Phi) is 9.01. The van der Waals surface area contributed by atoms with E-state index in [4.69, 9.17) is 9.47 Å².